The lowest BCUT2D eigenvalue weighted by molar-refractivity contribution is -0.672. The van der Waals surface area contributed by atoms with Crippen LogP contribution in [0.15, 0.2) is 48.8 Å². The van der Waals surface area contributed by atoms with Gasteiger partial charge in [-0.25, -0.2) is 13.3 Å². The number of para-hydroxylation sites is 2. The SMILES string of the molecule is CCCCCCC[n+]1cn(-c2ccc(F)cc2F)c2ccccc21. The maximum Gasteiger partial charge on any atom is 0.250 e. The lowest BCUT2D eigenvalue weighted by Crippen LogP contribution is -2.32. The number of imidazole rings is 1. The molecule has 0 aliphatic heterocycles. The molecular formula is C20H23F2N2+. The van der Waals surface area contributed by atoms with Gasteiger partial charge in [0.2, 0.25) is 6.33 Å². The molecule has 24 heavy (non-hydrogen) atoms. The Bertz CT molecular complexity index is 824. The minimum Gasteiger partial charge on any atom is -0.229 e. The monoisotopic (exact) mass is 329 g/mol. The molecule has 0 saturated carbocycles. The van der Waals surface area contributed by atoms with Crippen molar-refractivity contribution in [1.29, 1.82) is 0 Å². The largest absolute Gasteiger partial charge is 0.250 e. The zero-order valence-corrected chi connectivity index (χ0v) is 14.0. The smallest absolute Gasteiger partial charge is 0.229 e. The Hall–Kier alpha value is -2.23. The second-order valence-corrected chi connectivity index (χ2v) is 6.18. The Kier molecular flexibility index (Phi) is 5.24. The number of hydrogen-bond donors (Lipinski definition) is 0. The predicted octanol–water partition coefficient (Wildman–Crippen LogP) is 5.17. The molecule has 0 radical (unpaired) electrons. The van der Waals surface area contributed by atoms with Gasteiger partial charge in [0.1, 0.15) is 5.82 Å². The van der Waals surface area contributed by atoms with Crippen molar-refractivity contribution in [1.82, 2.24) is 4.57 Å². The van der Waals surface area contributed by atoms with Crippen LogP contribution in [0, 0.1) is 11.6 Å². The van der Waals surface area contributed by atoms with Crippen LogP contribution in [0.5, 0.6) is 0 Å². The third kappa shape index (κ3) is 3.48. The summed E-state index contributed by atoms with van der Waals surface area (Å²) in [4.78, 5) is 0. The summed E-state index contributed by atoms with van der Waals surface area (Å²) in [5.41, 5.74) is 2.37. The van der Waals surface area contributed by atoms with Crippen molar-refractivity contribution in [2.75, 3.05) is 0 Å². The number of aromatic nitrogens is 2. The Morgan fingerprint density at radius 1 is 0.958 bits per heavy atom. The Balaban J connectivity index is 1.91. The summed E-state index contributed by atoms with van der Waals surface area (Å²) in [5, 5.41) is 0. The molecule has 2 aromatic carbocycles. The number of hydrogen-bond acceptors (Lipinski definition) is 0. The van der Waals surface area contributed by atoms with E-state index in [0.29, 0.717) is 5.69 Å². The molecule has 0 fully saturated rings. The van der Waals surface area contributed by atoms with Gasteiger partial charge in [0.25, 0.3) is 0 Å². The average molecular weight is 329 g/mol. The third-order valence-corrected chi connectivity index (χ3v) is 4.38. The van der Waals surface area contributed by atoms with Gasteiger partial charge in [-0.2, -0.15) is 4.57 Å². The van der Waals surface area contributed by atoms with E-state index in [4.69, 9.17) is 0 Å². The van der Waals surface area contributed by atoms with E-state index in [9.17, 15) is 8.78 Å². The van der Waals surface area contributed by atoms with E-state index in [2.05, 4.69) is 11.5 Å². The van der Waals surface area contributed by atoms with Crippen LogP contribution in [0.1, 0.15) is 39.0 Å². The highest BCUT2D eigenvalue weighted by atomic mass is 19.1. The molecule has 0 aliphatic rings. The summed E-state index contributed by atoms with van der Waals surface area (Å²) >= 11 is 0. The van der Waals surface area contributed by atoms with Crippen molar-refractivity contribution in [3.63, 3.8) is 0 Å². The molecule has 0 spiro atoms. The highest BCUT2D eigenvalue weighted by Crippen LogP contribution is 2.20. The highest BCUT2D eigenvalue weighted by Gasteiger charge is 2.19. The summed E-state index contributed by atoms with van der Waals surface area (Å²) in [6, 6.07) is 11.6. The fourth-order valence-corrected chi connectivity index (χ4v) is 3.11. The van der Waals surface area contributed by atoms with Crippen LogP contribution in [0.3, 0.4) is 0 Å². The van der Waals surface area contributed by atoms with Gasteiger partial charge >= 0.3 is 0 Å². The molecule has 0 saturated heterocycles. The summed E-state index contributed by atoms with van der Waals surface area (Å²) in [6.45, 7) is 3.11. The quantitative estimate of drug-likeness (QED) is 0.418. The van der Waals surface area contributed by atoms with Crippen LogP contribution in [0.2, 0.25) is 0 Å². The fourth-order valence-electron chi connectivity index (χ4n) is 3.11. The molecular weight excluding hydrogens is 306 g/mol. The first kappa shape index (κ1) is 16.6. The number of halogens is 2. The van der Waals surface area contributed by atoms with E-state index >= 15 is 0 Å². The first-order valence-corrected chi connectivity index (χ1v) is 8.65. The number of aryl methyl sites for hydroxylation is 1. The van der Waals surface area contributed by atoms with Crippen molar-refractivity contribution in [2.45, 2.75) is 45.6 Å². The van der Waals surface area contributed by atoms with E-state index in [1.165, 1.54) is 37.8 Å². The summed E-state index contributed by atoms with van der Waals surface area (Å²) in [5.74, 6) is -1.11. The molecule has 126 valence electrons. The van der Waals surface area contributed by atoms with Crippen molar-refractivity contribution in [3.8, 4) is 5.69 Å². The minimum absolute atomic E-state index is 0.373. The molecule has 0 unspecified atom stereocenters. The molecule has 0 N–H and O–H groups in total. The van der Waals surface area contributed by atoms with Crippen LogP contribution in [0.25, 0.3) is 16.7 Å². The van der Waals surface area contributed by atoms with Crippen molar-refractivity contribution in [2.24, 2.45) is 0 Å². The number of unbranched alkanes of at least 4 members (excludes halogenated alkanes) is 4. The fraction of sp³-hybridized carbons (Fsp3) is 0.350. The van der Waals surface area contributed by atoms with Crippen LogP contribution in [0.4, 0.5) is 8.78 Å². The maximum absolute atomic E-state index is 14.2. The summed E-state index contributed by atoms with van der Waals surface area (Å²) < 4.78 is 31.3. The molecule has 2 nitrogen and oxygen atoms in total. The van der Waals surface area contributed by atoms with Gasteiger partial charge in [-0.1, -0.05) is 38.3 Å². The van der Waals surface area contributed by atoms with Crippen molar-refractivity contribution in [3.05, 3.63) is 60.4 Å². The zero-order valence-electron chi connectivity index (χ0n) is 14.0. The maximum atomic E-state index is 14.2. The first-order valence-electron chi connectivity index (χ1n) is 8.65. The second-order valence-electron chi connectivity index (χ2n) is 6.18. The van der Waals surface area contributed by atoms with E-state index in [1.54, 1.807) is 4.57 Å². The Morgan fingerprint density at radius 2 is 1.75 bits per heavy atom. The number of nitrogens with zero attached hydrogens (tertiary/aromatic N) is 2. The van der Waals surface area contributed by atoms with Gasteiger partial charge < -0.3 is 0 Å². The van der Waals surface area contributed by atoms with Crippen LogP contribution in [-0.4, -0.2) is 4.57 Å². The number of fused-ring (bicyclic) bond motifs is 1. The van der Waals surface area contributed by atoms with Gasteiger partial charge in [0.05, 0.1) is 6.54 Å². The van der Waals surface area contributed by atoms with Gasteiger partial charge in [0.15, 0.2) is 22.5 Å². The first-order chi connectivity index (χ1) is 11.7. The molecule has 1 heterocycles. The van der Waals surface area contributed by atoms with Crippen LogP contribution in [-0.2, 0) is 6.54 Å². The topological polar surface area (TPSA) is 8.81 Å². The van der Waals surface area contributed by atoms with Crippen LogP contribution >= 0.6 is 0 Å². The Labute approximate surface area is 141 Å². The molecule has 0 bridgehead atoms. The molecule has 0 atom stereocenters. The average Bonchev–Trinajstić information content (AvgIpc) is 2.94. The van der Waals surface area contributed by atoms with Crippen LogP contribution < -0.4 is 4.57 Å². The molecule has 3 aromatic rings. The Morgan fingerprint density at radius 3 is 2.54 bits per heavy atom. The summed E-state index contributed by atoms with van der Waals surface area (Å²) in [6.07, 6.45) is 7.97. The standard InChI is InChI=1S/C20H23F2N2/c1-2-3-4-5-8-13-23-15-24(20-10-7-6-9-19(20)23)18-12-11-16(21)14-17(18)22/h6-7,9-12,14-15H,2-5,8,13H2,1H3/q+1. The third-order valence-electron chi connectivity index (χ3n) is 4.38. The zero-order chi connectivity index (χ0) is 16.9. The second kappa shape index (κ2) is 7.56. The normalized spacial score (nSPS) is 11.3. The molecule has 1 aromatic heterocycles. The van der Waals surface area contributed by atoms with Crippen molar-refractivity contribution < 1.29 is 13.3 Å². The van der Waals surface area contributed by atoms with Gasteiger partial charge in [-0.05, 0) is 37.1 Å². The van der Waals surface area contributed by atoms with Gasteiger partial charge in [-0.15, -0.1) is 0 Å². The van der Waals surface area contributed by atoms with E-state index in [0.717, 1.165) is 30.1 Å². The van der Waals surface area contributed by atoms with Crippen molar-refractivity contribution >= 4 is 11.0 Å². The predicted molar refractivity (Wildman–Crippen MR) is 92.1 cm³/mol. The highest BCUT2D eigenvalue weighted by molar-refractivity contribution is 5.74. The lowest BCUT2D eigenvalue weighted by atomic mass is 10.1. The molecule has 4 heteroatoms. The summed E-state index contributed by atoms with van der Waals surface area (Å²) in [7, 11) is 0. The number of rotatable bonds is 7. The van der Waals surface area contributed by atoms with Gasteiger partial charge in [-0.3, -0.25) is 0 Å². The van der Waals surface area contributed by atoms with E-state index in [1.807, 2.05) is 30.6 Å². The molecule has 0 aliphatic carbocycles. The van der Waals surface area contributed by atoms with Gasteiger partial charge in [0, 0.05) is 6.07 Å². The minimum atomic E-state index is -0.559. The number of benzene rings is 2. The lowest BCUT2D eigenvalue weighted by Gasteiger charge is -1.99. The molecule has 3 rings (SSSR count). The molecule has 0 amide bonds. The van der Waals surface area contributed by atoms with E-state index < -0.39 is 11.6 Å². The van der Waals surface area contributed by atoms with E-state index in [-0.39, 0.29) is 0 Å².